The Morgan fingerprint density at radius 3 is 2.68 bits per heavy atom. The molecular formula is C33H37N7O. The molecule has 5 N–H and O–H groups in total. The summed E-state index contributed by atoms with van der Waals surface area (Å²) in [5, 5.41) is 3.61. The highest BCUT2D eigenvalue weighted by atomic mass is 16.1. The molecule has 41 heavy (non-hydrogen) atoms. The number of nitrogens with zero attached hydrogens (tertiary/aromatic N) is 4. The number of imidazole rings is 1. The number of carbonyl (C=O) groups is 1. The van der Waals surface area contributed by atoms with E-state index in [0.29, 0.717) is 31.2 Å². The lowest BCUT2D eigenvalue weighted by Gasteiger charge is -2.18. The molecule has 8 nitrogen and oxygen atoms in total. The van der Waals surface area contributed by atoms with Gasteiger partial charge in [-0.25, -0.2) is 15.0 Å². The summed E-state index contributed by atoms with van der Waals surface area (Å²) in [5.74, 6) is 1.18. The first-order valence-electron chi connectivity index (χ1n) is 14.2. The van der Waals surface area contributed by atoms with Gasteiger partial charge < -0.3 is 16.8 Å². The molecule has 0 spiro atoms. The molecule has 0 fully saturated rings. The third-order valence-electron chi connectivity index (χ3n) is 7.39. The van der Waals surface area contributed by atoms with Gasteiger partial charge in [0.25, 0.3) is 0 Å². The van der Waals surface area contributed by atoms with E-state index in [1.807, 2.05) is 24.3 Å². The van der Waals surface area contributed by atoms with Gasteiger partial charge in [0.1, 0.15) is 11.3 Å². The van der Waals surface area contributed by atoms with Crippen molar-refractivity contribution >= 4 is 28.3 Å². The normalized spacial score (nSPS) is 13.7. The van der Waals surface area contributed by atoms with Crippen molar-refractivity contribution in [2.75, 3.05) is 12.3 Å². The lowest BCUT2D eigenvalue weighted by molar-refractivity contribution is -0.114. The first-order valence-corrected chi connectivity index (χ1v) is 14.2. The summed E-state index contributed by atoms with van der Waals surface area (Å²) in [6.07, 6.45) is 14.8. The molecule has 3 aromatic heterocycles. The second-order valence-corrected chi connectivity index (χ2v) is 10.3. The molecule has 5 rings (SSSR count). The van der Waals surface area contributed by atoms with E-state index in [2.05, 4.69) is 63.9 Å². The average molecular weight is 548 g/mol. The minimum atomic E-state index is 0.0686. The van der Waals surface area contributed by atoms with Crippen molar-refractivity contribution in [2.24, 2.45) is 5.73 Å². The number of nitrogen functional groups attached to an aromatic ring is 1. The monoisotopic (exact) mass is 547 g/mol. The fourth-order valence-electron chi connectivity index (χ4n) is 5.11. The number of benzene rings is 1. The Kier molecular flexibility index (Phi) is 9.13. The van der Waals surface area contributed by atoms with Crippen molar-refractivity contribution in [3.05, 3.63) is 96.9 Å². The van der Waals surface area contributed by atoms with E-state index in [-0.39, 0.29) is 11.8 Å². The van der Waals surface area contributed by atoms with Crippen LogP contribution in [0.3, 0.4) is 0 Å². The Labute approximate surface area is 240 Å². The Balaban J connectivity index is 1.46. The van der Waals surface area contributed by atoms with Crippen LogP contribution in [-0.4, -0.2) is 37.9 Å². The van der Waals surface area contributed by atoms with Crippen LogP contribution < -0.4 is 16.8 Å². The highest BCUT2D eigenvalue weighted by molar-refractivity contribution is 5.89. The van der Waals surface area contributed by atoms with Gasteiger partial charge in [-0.05, 0) is 92.3 Å². The molecule has 1 aromatic carbocycles. The molecule has 1 aliphatic carbocycles. The van der Waals surface area contributed by atoms with Crippen molar-refractivity contribution in [2.45, 2.75) is 51.1 Å². The van der Waals surface area contributed by atoms with Gasteiger partial charge in [0.15, 0.2) is 17.3 Å². The molecule has 1 unspecified atom stereocenters. The van der Waals surface area contributed by atoms with Crippen molar-refractivity contribution in [3.8, 4) is 17.1 Å². The lowest BCUT2D eigenvalue weighted by atomic mass is 10.0. The quantitative estimate of drug-likeness (QED) is 0.188. The van der Waals surface area contributed by atoms with Gasteiger partial charge in [-0.3, -0.25) is 9.36 Å². The Morgan fingerprint density at radius 1 is 1.10 bits per heavy atom. The van der Waals surface area contributed by atoms with Gasteiger partial charge in [0.05, 0.1) is 11.3 Å². The molecule has 0 aliphatic heterocycles. The number of nitrogens with one attached hydrogen (secondary N) is 1. The molecule has 0 radical (unpaired) electrons. The predicted molar refractivity (Wildman–Crippen MR) is 166 cm³/mol. The van der Waals surface area contributed by atoms with Crippen LogP contribution >= 0.6 is 0 Å². The standard InChI is InChI=1S/C33H37N7O/c1-2-27(41)17-14-25(10-6-20-34)37-22-23-12-15-26(16-13-23)40-32(28-11-7-21-36-31(28)35)39-30-19-18-29(38-33(30)40)24-8-4-3-5-9-24/h2,4,7-9,11-13,15-16,18-19,21,25,37H,1,3,5-6,10,14,17,20,22,34H2,(H2,35,36). The van der Waals surface area contributed by atoms with Crippen LogP contribution in [0.5, 0.6) is 0 Å². The van der Waals surface area contributed by atoms with Gasteiger partial charge in [-0.15, -0.1) is 0 Å². The molecule has 1 aliphatic rings. The SMILES string of the molecule is C=CC(=O)CCC(CCCN)NCc1ccc(-n2c(-c3cccnc3N)nc3ccc(C4=CCCC=C4)nc32)cc1. The molecule has 0 saturated heterocycles. The van der Waals surface area contributed by atoms with Crippen LogP contribution in [0.15, 0.2) is 85.6 Å². The van der Waals surface area contributed by atoms with E-state index in [0.717, 1.165) is 71.3 Å². The molecular weight excluding hydrogens is 510 g/mol. The van der Waals surface area contributed by atoms with Gasteiger partial charge in [-0.1, -0.05) is 36.9 Å². The number of fused-ring (bicyclic) bond motifs is 1. The Hall–Kier alpha value is -4.40. The molecule has 0 saturated carbocycles. The first-order chi connectivity index (χ1) is 20.1. The minimum absolute atomic E-state index is 0.0686. The molecule has 1 atom stereocenters. The fraction of sp³-hybridized carbons (Fsp3) is 0.273. The number of pyridine rings is 2. The summed E-state index contributed by atoms with van der Waals surface area (Å²) < 4.78 is 2.06. The average Bonchev–Trinajstić information content (AvgIpc) is 3.40. The number of hydrogen-bond acceptors (Lipinski definition) is 7. The van der Waals surface area contributed by atoms with Crippen LogP contribution in [-0.2, 0) is 11.3 Å². The van der Waals surface area contributed by atoms with Gasteiger partial charge in [0, 0.05) is 30.9 Å². The zero-order valence-corrected chi connectivity index (χ0v) is 23.3. The lowest BCUT2D eigenvalue weighted by Crippen LogP contribution is -2.29. The minimum Gasteiger partial charge on any atom is -0.383 e. The molecule has 4 aromatic rings. The van der Waals surface area contributed by atoms with Crippen LogP contribution in [0.25, 0.3) is 33.8 Å². The van der Waals surface area contributed by atoms with E-state index in [1.165, 1.54) is 6.08 Å². The van der Waals surface area contributed by atoms with Crippen molar-refractivity contribution in [1.82, 2.24) is 24.8 Å². The fourth-order valence-corrected chi connectivity index (χ4v) is 5.11. The highest BCUT2D eigenvalue weighted by Gasteiger charge is 2.19. The predicted octanol–water partition coefficient (Wildman–Crippen LogP) is 5.53. The first kappa shape index (κ1) is 28.1. The number of allylic oxidation sites excluding steroid dienone is 5. The molecule has 3 heterocycles. The summed E-state index contributed by atoms with van der Waals surface area (Å²) in [6.45, 7) is 4.91. The molecule has 0 amide bonds. The van der Waals surface area contributed by atoms with Gasteiger partial charge in [-0.2, -0.15) is 0 Å². The topological polar surface area (TPSA) is 125 Å². The third-order valence-corrected chi connectivity index (χ3v) is 7.39. The number of anilines is 1. The number of hydrogen-bond donors (Lipinski definition) is 3. The van der Waals surface area contributed by atoms with E-state index in [1.54, 1.807) is 6.20 Å². The summed E-state index contributed by atoms with van der Waals surface area (Å²) in [5.41, 5.74) is 18.5. The molecule has 0 bridgehead atoms. The maximum Gasteiger partial charge on any atom is 0.165 e. The summed E-state index contributed by atoms with van der Waals surface area (Å²) in [7, 11) is 0. The Bertz CT molecular complexity index is 1580. The summed E-state index contributed by atoms with van der Waals surface area (Å²) >= 11 is 0. The van der Waals surface area contributed by atoms with Crippen molar-refractivity contribution in [1.29, 1.82) is 0 Å². The van der Waals surface area contributed by atoms with Crippen LogP contribution in [0.2, 0.25) is 0 Å². The number of ketones is 1. The van der Waals surface area contributed by atoms with E-state index < -0.39 is 0 Å². The second kappa shape index (κ2) is 13.3. The third kappa shape index (κ3) is 6.67. The van der Waals surface area contributed by atoms with E-state index in [4.69, 9.17) is 21.4 Å². The number of aromatic nitrogens is 4. The maximum absolute atomic E-state index is 11.8. The maximum atomic E-state index is 11.8. The number of carbonyl (C=O) groups excluding carboxylic acids is 1. The highest BCUT2D eigenvalue weighted by Crippen LogP contribution is 2.31. The Morgan fingerprint density at radius 2 is 1.95 bits per heavy atom. The largest absolute Gasteiger partial charge is 0.383 e. The summed E-state index contributed by atoms with van der Waals surface area (Å²) in [4.78, 5) is 26.1. The second-order valence-electron chi connectivity index (χ2n) is 10.3. The van der Waals surface area contributed by atoms with Crippen molar-refractivity contribution < 1.29 is 4.79 Å². The smallest absolute Gasteiger partial charge is 0.165 e. The van der Waals surface area contributed by atoms with Crippen LogP contribution in [0.1, 0.15) is 49.8 Å². The summed E-state index contributed by atoms with van der Waals surface area (Å²) in [6, 6.07) is 16.4. The number of nitrogens with two attached hydrogens (primary N) is 2. The zero-order chi connectivity index (χ0) is 28.6. The van der Waals surface area contributed by atoms with Crippen LogP contribution in [0.4, 0.5) is 5.82 Å². The zero-order valence-electron chi connectivity index (χ0n) is 23.3. The van der Waals surface area contributed by atoms with Crippen LogP contribution in [0, 0.1) is 0 Å². The van der Waals surface area contributed by atoms with Crippen molar-refractivity contribution in [3.63, 3.8) is 0 Å². The molecule has 8 heteroatoms. The molecule has 210 valence electrons. The number of rotatable bonds is 13. The van der Waals surface area contributed by atoms with E-state index in [9.17, 15) is 4.79 Å². The van der Waals surface area contributed by atoms with Gasteiger partial charge >= 0.3 is 0 Å². The van der Waals surface area contributed by atoms with Gasteiger partial charge in [0.2, 0.25) is 0 Å². The van der Waals surface area contributed by atoms with E-state index >= 15 is 0 Å².